The number of carbonyl (C=O) groups excluding carboxylic acids is 1. The van der Waals surface area contributed by atoms with E-state index >= 15 is 0 Å². The van der Waals surface area contributed by atoms with Crippen LogP contribution < -0.4 is 15.4 Å². The summed E-state index contributed by atoms with van der Waals surface area (Å²) in [7, 11) is -3.79. The summed E-state index contributed by atoms with van der Waals surface area (Å²) in [5, 5.41) is 6.02. The van der Waals surface area contributed by atoms with E-state index in [0.717, 1.165) is 37.2 Å². The highest BCUT2D eigenvalue weighted by atomic mass is 32.2. The van der Waals surface area contributed by atoms with E-state index in [1.54, 1.807) is 24.3 Å². The van der Waals surface area contributed by atoms with Gasteiger partial charge >= 0.3 is 0 Å². The van der Waals surface area contributed by atoms with E-state index in [0.29, 0.717) is 12.2 Å². The number of sulfonamides is 1. The van der Waals surface area contributed by atoms with Crippen LogP contribution in [0.15, 0.2) is 53.4 Å². The zero-order valence-electron chi connectivity index (χ0n) is 15.2. The predicted molar refractivity (Wildman–Crippen MR) is 104 cm³/mol. The van der Waals surface area contributed by atoms with E-state index in [-0.39, 0.29) is 17.2 Å². The molecule has 0 spiro atoms. The second-order valence-electron chi connectivity index (χ2n) is 6.03. The SMILES string of the molecule is CCCNCCNC(=O)Cc1ccc(NS(=O)(=O)c2ccc(F)cc2)cc1. The normalized spacial score (nSPS) is 11.2. The molecule has 1 amide bonds. The summed E-state index contributed by atoms with van der Waals surface area (Å²) in [5.41, 5.74) is 1.14. The van der Waals surface area contributed by atoms with Crippen LogP contribution in [0.4, 0.5) is 10.1 Å². The molecule has 0 heterocycles. The Morgan fingerprint density at radius 3 is 2.26 bits per heavy atom. The minimum absolute atomic E-state index is 0.0240. The molecule has 6 nitrogen and oxygen atoms in total. The number of nitrogens with one attached hydrogen (secondary N) is 3. The predicted octanol–water partition coefficient (Wildman–Crippen LogP) is 2.28. The Bertz CT molecular complexity index is 838. The lowest BCUT2D eigenvalue weighted by atomic mass is 10.1. The smallest absolute Gasteiger partial charge is 0.261 e. The van der Waals surface area contributed by atoms with Gasteiger partial charge in [0.15, 0.2) is 0 Å². The zero-order valence-corrected chi connectivity index (χ0v) is 16.0. The molecule has 0 aromatic heterocycles. The number of carbonyl (C=O) groups is 1. The van der Waals surface area contributed by atoms with Crippen molar-refractivity contribution in [2.45, 2.75) is 24.7 Å². The van der Waals surface area contributed by atoms with Gasteiger partial charge in [-0.15, -0.1) is 0 Å². The number of benzene rings is 2. The number of amides is 1. The number of rotatable bonds is 10. The third-order valence-corrected chi connectivity index (χ3v) is 5.14. The molecule has 2 aromatic carbocycles. The standard InChI is InChI=1S/C19H24FN3O3S/c1-2-11-21-12-13-22-19(24)14-15-3-7-17(8-4-15)23-27(25,26)18-9-5-16(20)6-10-18/h3-10,21,23H,2,11-14H2,1H3,(H,22,24). The highest BCUT2D eigenvalue weighted by Gasteiger charge is 2.14. The molecule has 0 unspecified atom stereocenters. The minimum Gasteiger partial charge on any atom is -0.355 e. The van der Waals surface area contributed by atoms with Crippen LogP contribution in [0, 0.1) is 5.82 Å². The molecule has 0 aliphatic rings. The molecular weight excluding hydrogens is 369 g/mol. The quantitative estimate of drug-likeness (QED) is 0.541. The Morgan fingerprint density at radius 2 is 1.63 bits per heavy atom. The van der Waals surface area contributed by atoms with Gasteiger partial charge in [-0.1, -0.05) is 19.1 Å². The molecule has 0 aliphatic heterocycles. The van der Waals surface area contributed by atoms with Crippen molar-refractivity contribution in [1.82, 2.24) is 10.6 Å². The third-order valence-electron chi connectivity index (χ3n) is 3.75. The highest BCUT2D eigenvalue weighted by molar-refractivity contribution is 7.92. The zero-order chi connectivity index (χ0) is 19.7. The Balaban J connectivity index is 1.87. The van der Waals surface area contributed by atoms with Gasteiger partial charge in [0, 0.05) is 18.8 Å². The average molecular weight is 393 g/mol. The summed E-state index contributed by atoms with van der Waals surface area (Å²) in [6, 6.07) is 11.1. The van der Waals surface area contributed by atoms with E-state index in [1.165, 1.54) is 12.1 Å². The van der Waals surface area contributed by atoms with E-state index < -0.39 is 15.8 Å². The van der Waals surface area contributed by atoms with Crippen molar-refractivity contribution >= 4 is 21.6 Å². The fourth-order valence-corrected chi connectivity index (χ4v) is 3.42. The van der Waals surface area contributed by atoms with Crippen molar-refractivity contribution in [2.24, 2.45) is 0 Å². The molecular formula is C19H24FN3O3S. The van der Waals surface area contributed by atoms with Crippen LogP contribution in [-0.2, 0) is 21.2 Å². The van der Waals surface area contributed by atoms with Crippen LogP contribution >= 0.6 is 0 Å². The second kappa shape index (κ2) is 10.0. The van der Waals surface area contributed by atoms with Crippen molar-refractivity contribution in [3.63, 3.8) is 0 Å². The Kier molecular flexibility index (Phi) is 7.75. The maximum absolute atomic E-state index is 12.9. The maximum atomic E-state index is 12.9. The van der Waals surface area contributed by atoms with E-state index in [2.05, 4.69) is 22.3 Å². The summed E-state index contributed by atoms with van der Waals surface area (Å²) in [6.45, 7) is 4.29. The van der Waals surface area contributed by atoms with Crippen molar-refractivity contribution in [2.75, 3.05) is 24.4 Å². The summed E-state index contributed by atoms with van der Waals surface area (Å²) in [5.74, 6) is -0.592. The first-order chi connectivity index (χ1) is 12.9. The molecule has 8 heteroatoms. The summed E-state index contributed by atoms with van der Waals surface area (Å²) in [6.07, 6.45) is 1.27. The fourth-order valence-electron chi connectivity index (χ4n) is 2.36. The van der Waals surface area contributed by atoms with Gasteiger partial charge in [-0.2, -0.15) is 0 Å². The molecule has 0 fully saturated rings. The summed E-state index contributed by atoms with van der Waals surface area (Å²) in [4.78, 5) is 11.9. The number of hydrogen-bond acceptors (Lipinski definition) is 4. The number of anilines is 1. The van der Waals surface area contributed by atoms with E-state index in [1.807, 2.05) is 0 Å². The van der Waals surface area contributed by atoms with Crippen molar-refractivity contribution < 1.29 is 17.6 Å². The first-order valence-corrected chi connectivity index (χ1v) is 10.2. The van der Waals surface area contributed by atoms with Gasteiger partial charge in [0.2, 0.25) is 5.91 Å². The molecule has 2 aromatic rings. The molecule has 146 valence electrons. The lowest BCUT2D eigenvalue weighted by Crippen LogP contribution is -2.32. The van der Waals surface area contributed by atoms with Crippen LogP contribution in [0.25, 0.3) is 0 Å². The molecule has 0 bridgehead atoms. The Hall–Kier alpha value is -2.45. The molecule has 3 N–H and O–H groups in total. The number of hydrogen-bond donors (Lipinski definition) is 3. The monoisotopic (exact) mass is 393 g/mol. The lowest BCUT2D eigenvalue weighted by Gasteiger charge is -2.09. The number of halogens is 1. The van der Waals surface area contributed by atoms with Crippen LogP contribution in [0.5, 0.6) is 0 Å². The van der Waals surface area contributed by atoms with Crippen LogP contribution in [-0.4, -0.2) is 34.0 Å². The summed E-state index contributed by atoms with van der Waals surface area (Å²) < 4.78 is 39.9. The summed E-state index contributed by atoms with van der Waals surface area (Å²) >= 11 is 0. The molecule has 27 heavy (non-hydrogen) atoms. The Labute approximate surface area is 159 Å². The van der Waals surface area contributed by atoms with Crippen molar-refractivity contribution in [1.29, 1.82) is 0 Å². The van der Waals surface area contributed by atoms with Gasteiger partial charge in [-0.3, -0.25) is 9.52 Å². The first-order valence-electron chi connectivity index (χ1n) is 8.75. The van der Waals surface area contributed by atoms with Crippen LogP contribution in [0.2, 0.25) is 0 Å². The molecule has 0 saturated carbocycles. The fraction of sp³-hybridized carbons (Fsp3) is 0.316. The largest absolute Gasteiger partial charge is 0.355 e. The van der Waals surface area contributed by atoms with E-state index in [9.17, 15) is 17.6 Å². The van der Waals surface area contributed by atoms with Gasteiger partial charge in [-0.25, -0.2) is 12.8 Å². The van der Waals surface area contributed by atoms with Crippen LogP contribution in [0.1, 0.15) is 18.9 Å². The van der Waals surface area contributed by atoms with Gasteiger partial charge in [0.1, 0.15) is 5.82 Å². The lowest BCUT2D eigenvalue weighted by molar-refractivity contribution is -0.120. The average Bonchev–Trinajstić information content (AvgIpc) is 2.63. The van der Waals surface area contributed by atoms with Crippen molar-refractivity contribution in [3.8, 4) is 0 Å². The van der Waals surface area contributed by atoms with E-state index in [4.69, 9.17) is 0 Å². The van der Waals surface area contributed by atoms with Gasteiger partial charge in [-0.05, 0) is 54.9 Å². The first kappa shape index (κ1) is 20.9. The Morgan fingerprint density at radius 1 is 0.963 bits per heavy atom. The second-order valence-corrected chi connectivity index (χ2v) is 7.72. The van der Waals surface area contributed by atoms with Crippen molar-refractivity contribution in [3.05, 3.63) is 59.9 Å². The van der Waals surface area contributed by atoms with Gasteiger partial charge in [0.05, 0.1) is 11.3 Å². The highest BCUT2D eigenvalue weighted by Crippen LogP contribution is 2.17. The topological polar surface area (TPSA) is 87.3 Å². The molecule has 0 aliphatic carbocycles. The minimum atomic E-state index is -3.79. The van der Waals surface area contributed by atoms with Gasteiger partial charge < -0.3 is 10.6 Å². The maximum Gasteiger partial charge on any atom is 0.261 e. The molecule has 2 rings (SSSR count). The molecule has 0 saturated heterocycles. The molecule has 0 atom stereocenters. The third kappa shape index (κ3) is 6.99. The van der Waals surface area contributed by atoms with Gasteiger partial charge in [0.25, 0.3) is 10.0 Å². The molecule has 0 radical (unpaired) electrons. The van der Waals surface area contributed by atoms with Crippen LogP contribution in [0.3, 0.4) is 0 Å².